The van der Waals surface area contributed by atoms with Gasteiger partial charge in [0.2, 0.25) is 0 Å². The number of hydrogen-bond donors (Lipinski definition) is 1. The third kappa shape index (κ3) is 4.74. The minimum atomic E-state index is -1.11. The van der Waals surface area contributed by atoms with Crippen LogP contribution in [-0.2, 0) is 16.0 Å². The molecule has 5 nitrogen and oxygen atoms in total. The van der Waals surface area contributed by atoms with Gasteiger partial charge in [0.15, 0.2) is 0 Å². The van der Waals surface area contributed by atoms with Crippen molar-refractivity contribution in [3.8, 4) is 17.2 Å². The number of pyridine rings is 1. The number of carbonyl (C=O) groups is 2. The number of aromatic nitrogens is 1. The predicted molar refractivity (Wildman–Crippen MR) is 93.7 cm³/mol. The number of ketones is 1. The van der Waals surface area contributed by atoms with Gasteiger partial charge in [-0.2, -0.15) is 5.26 Å². The van der Waals surface area contributed by atoms with Crippen molar-refractivity contribution in [1.82, 2.24) is 4.98 Å². The van der Waals surface area contributed by atoms with E-state index in [0.29, 0.717) is 17.7 Å². The molecule has 128 valence electrons. The summed E-state index contributed by atoms with van der Waals surface area (Å²) in [6.07, 6.45) is 3.52. The van der Waals surface area contributed by atoms with E-state index in [2.05, 4.69) is 11.1 Å². The molecule has 25 heavy (non-hydrogen) atoms. The van der Waals surface area contributed by atoms with E-state index >= 15 is 0 Å². The molecule has 0 saturated heterocycles. The number of nitrogens with zero attached hydrogens (tertiary/aromatic N) is 2. The monoisotopic (exact) mass is 336 g/mol. The van der Waals surface area contributed by atoms with Gasteiger partial charge in [-0.25, -0.2) is 0 Å². The fourth-order valence-corrected chi connectivity index (χ4v) is 2.61. The molecule has 1 unspecified atom stereocenters. The smallest absolute Gasteiger partial charge is 0.314 e. The highest BCUT2D eigenvalue weighted by atomic mass is 16.4. The molecule has 0 aliphatic carbocycles. The lowest BCUT2D eigenvalue weighted by molar-refractivity contribution is -0.146. The molecule has 5 heteroatoms. The Balaban J connectivity index is 2.17. The number of carboxylic acids is 1. The Bertz CT molecular complexity index is 791. The number of nitriles is 1. The summed E-state index contributed by atoms with van der Waals surface area (Å²) in [6.45, 7) is 1.96. The summed E-state index contributed by atoms with van der Waals surface area (Å²) in [4.78, 5) is 27.8. The molecule has 2 aromatic rings. The molecular weight excluding hydrogens is 316 g/mol. The zero-order valence-electron chi connectivity index (χ0n) is 14.1. The largest absolute Gasteiger partial charge is 0.481 e. The molecule has 2 rings (SSSR count). The summed E-state index contributed by atoms with van der Waals surface area (Å²) in [6, 6.07) is 12.9. The van der Waals surface area contributed by atoms with Crippen molar-refractivity contribution in [1.29, 1.82) is 5.26 Å². The third-order valence-corrected chi connectivity index (χ3v) is 4.06. The van der Waals surface area contributed by atoms with Crippen molar-refractivity contribution in [2.75, 3.05) is 0 Å². The number of Topliss-reactive ketones (excluding diaryl/α,β-unsaturated/α-hetero) is 1. The van der Waals surface area contributed by atoms with Crippen molar-refractivity contribution >= 4 is 11.8 Å². The molecule has 0 saturated carbocycles. The van der Waals surface area contributed by atoms with E-state index in [-0.39, 0.29) is 18.6 Å². The van der Waals surface area contributed by atoms with Crippen LogP contribution in [0.15, 0.2) is 42.6 Å². The van der Waals surface area contributed by atoms with Crippen LogP contribution in [0.3, 0.4) is 0 Å². The van der Waals surface area contributed by atoms with Crippen molar-refractivity contribution < 1.29 is 14.7 Å². The van der Waals surface area contributed by atoms with Crippen molar-refractivity contribution in [2.45, 2.75) is 32.6 Å². The maximum Gasteiger partial charge on any atom is 0.314 e. The van der Waals surface area contributed by atoms with Crippen molar-refractivity contribution in [3.63, 3.8) is 0 Å². The summed E-state index contributed by atoms with van der Waals surface area (Å²) in [5, 5.41) is 18.5. The number of unbranched alkanes of at least 4 members (excludes halogenated alkanes) is 1. The van der Waals surface area contributed by atoms with Crippen LogP contribution in [0.2, 0.25) is 0 Å². The summed E-state index contributed by atoms with van der Waals surface area (Å²) in [5.41, 5.74) is 2.66. The average molecular weight is 336 g/mol. The summed E-state index contributed by atoms with van der Waals surface area (Å²) >= 11 is 0. The van der Waals surface area contributed by atoms with Crippen LogP contribution < -0.4 is 0 Å². The molecule has 1 aromatic carbocycles. The molecule has 1 heterocycles. The van der Waals surface area contributed by atoms with E-state index in [1.54, 1.807) is 30.5 Å². The third-order valence-electron chi connectivity index (χ3n) is 4.06. The van der Waals surface area contributed by atoms with Gasteiger partial charge in [0.05, 0.1) is 11.6 Å². The van der Waals surface area contributed by atoms with Gasteiger partial charge >= 0.3 is 5.97 Å². The quantitative estimate of drug-likeness (QED) is 0.743. The number of benzene rings is 1. The molecule has 0 fully saturated rings. The Kier molecular flexibility index (Phi) is 6.41. The van der Waals surface area contributed by atoms with Gasteiger partial charge in [0.25, 0.3) is 0 Å². The summed E-state index contributed by atoms with van der Waals surface area (Å²) in [5.74, 6) is -2.42. The maximum absolute atomic E-state index is 12.1. The SMILES string of the molecule is CCCCC(=O)C(Cc1ccc(-c2ccccc2C#N)cn1)C(=O)O. The molecule has 0 aliphatic rings. The van der Waals surface area contributed by atoms with Gasteiger partial charge in [-0.3, -0.25) is 14.6 Å². The number of carbonyl (C=O) groups excluding carboxylic acids is 1. The van der Waals surface area contributed by atoms with Gasteiger partial charge in [-0.1, -0.05) is 37.6 Å². The lowest BCUT2D eigenvalue weighted by Gasteiger charge is -2.11. The molecule has 0 bridgehead atoms. The van der Waals surface area contributed by atoms with E-state index in [9.17, 15) is 20.0 Å². The topological polar surface area (TPSA) is 91.0 Å². The highest BCUT2D eigenvalue weighted by Crippen LogP contribution is 2.23. The minimum absolute atomic E-state index is 0.0814. The molecule has 1 N–H and O–H groups in total. The molecular formula is C20H20N2O3. The van der Waals surface area contributed by atoms with Crippen LogP contribution in [-0.4, -0.2) is 21.8 Å². The van der Waals surface area contributed by atoms with Gasteiger partial charge in [-0.15, -0.1) is 0 Å². The Labute approximate surface area is 147 Å². The highest BCUT2D eigenvalue weighted by Gasteiger charge is 2.26. The minimum Gasteiger partial charge on any atom is -0.481 e. The number of aliphatic carboxylic acids is 1. The number of rotatable bonds is 8. The standard InChI is InChI=1S/C20H20N2O3/c1-2-3-8-19(23)18(20(24)25)11-16-10-9-15(13-22-16)17-7-5-4-6-14(17)12-21/h4-7,9-10,13,18H,2-3,8,11H2,1H3,(H,24,25). The van der Waals surface area contributed by atoms with E-state index < -0.39 is 11.9 Å². The first-order valence-electron chi connectivity index (χ1n) is 8.26. The molecule has 1 aromatic heterocycles. The first kappa shape index (κ1) is 18.3. The van der Waals surface area contributed by atoms with Crippen LogP contribution in [0.1, 0.15) is 37.4 Å². The Morgan fingerprint density at radius 2 is 2.00 bits per heavy atom. The van der Waals surface area contributed by atoms with Crippen LogP contribution >= 0.6 is 0 Å². The molecule has 0 spiro atoms. The van der Waals surface area contributed by atoms with Crippen LogP contribution in [0.25, 0.3) is 11.1 Å². The second kappa shape index (κ2) is 8.74. The number of hydrogen-bond acceptors (Lipinski definition) is 4. The summed E-state index contributed by atoms with van der Waals surface area (Å²) in [7, 11) is 0. The zero-order chi connectivity index (χ0) is 18.2. The van der Waals surface area contributed by atoms with Gasteiger partial charge < -0.3 is 5.11 Å². The first-order valence-corrected chi connectivity index (χ1v) is 8.26. The maximum atomic E-state index is 12.1. The normalized spacial score (nSPS) is 11.5. The first-order chi connectivity index (χ1) is 12.1. The van der Waals surface area contributed by atoms with E-state index in [1.807, 2.05) is 19.1 Å². The fourth-order valence-electron chi connectivity index (χ4n) is 2.61. The lowest BCUT2D eigenvalue weighted by atomic mass is 9.94. The van der Waals surface area contributed by atoms with Crippen LogP contribution in [0, 0.1) is 17.2 Å². The average Bonchev–Trinajstić information content (AvgIpc) is 2.64. The number of carboxylic acid groups (broad SMARTS) is 1. The highest BCUT2D eigenvalue weighted by molar-refractivity contribution is 5.98. The van der Waals surface area contributed by atoms with Crippen molar-refractivity contribution in [2.24, 2.45) is 5.92 Å². The molecule has 1 atom stereocenters. The van der Waals surface area contributed by atoms with Gasteiger partial charge in [0, 0.05) is 35.9 Å². The zero-order valence-corrected chi connectivity index (χ0v) is 14.1. The lowest BCUT2D eigenvalue weighted by Crippen LogP contribution is -2.26. The summed E-state index contributed by atoms with van der Waals surface area (Å²) < 4.78 is 0. The fraction of sp³-hybridized carbons (Fsp3) is 0.300. The second-order valence-corrected chi connectivity index (χ2v) is 5.86. The van der Waals surface area contributed by atoms with Crippen molar-refractivity contribution in [3.05, 3.63) is 53.9 Å². The van der Waals surface area contributed by atoms with E-state index in [0.717, 1.165) is 17.5 Å². The Morgan fingerprint density at radius 3 is 2.60 bits per heavy atom. The van der Waals surface area contributed by atoms with Crippen LogP contribution in [0.5, 0.6) is 0 Å². The Hall–Kier alpha value is -3.00. The van der Waals surface area contributed by atoms with Gasteiger partial charge in [-0.05, 0) is 18.6 Å². The van der Waals surface area contributed by atoms with Gasteiger partial charge in [0.1, 0.15) is 11.7 Å². The van der Waals surface area contributed by atoms with E-state index in [1.165, 1.54) is 0 Å². The molecule has 0 aliphatic heterocycles. The predicted octanol–water partition coefficient (Wildman–Crippen LogP) is 3.62. The Morgan fingerprint density at radius 1 is 1.24 bits per heavy atom. The second-order valence-electron chi connectivity index (χ2n) is 5.86. The molecule has 0 radical (unpaired) electrons. The molecule has 0 amide bonds. The van der Waals surface area contributed by atoms with E-state index in [4.69, 9.17) is 0 Å². The van der Waals surface area contributed by atoms with Crippen LogP contribution in [0.4, 0.5) is 0 Å².